The Kier molecular flexibility index (Phi) is 8.66. The highest BCUT2D eigenvalue weighted by atomic mass is 16.5. The Bertz CT molecular complexity index is 1740. The summed E-state index contributed by atoms with van der Waals surface area (Å²) in [5.74, 6) is -0.259. The summed E-state index contributed by atoms with van der Waals surface area (Å²) in [5.41, 5.74) is 10.8. The second-order valence-electron chi connectivity index (χ2n) is 13.0. The molecule has 2 aliphatic heterocycles. The zero-order valence-electron chi connectivity index (χ0n) is 26.6. The Labute approximate surface area is 264 Å². The molecule has 1 amide bonds. The van der Waals surface area contributed by atoms with Crippen molar-refractivity contribution in [2.75, 3.05) is 20.3 Å². The van der Waals surface area contributed by atoms with E-state index in [1.165, 1.54) is 0 Å². The van der Waals surface area contributed by atoms with E-state index in [9.17, 15) is 14.7 Å². The van der Waals surface area contributed by atoms with Crippen molar-refractivity contribution in [3.63, 3.8) is 0 Å². The van der Waals surface area contributed by atoms with Crippen LogP contribution < -0.4 is 5.43 Å². The molecule has 0 saturated carbocycles. The summed E-state index contributed by atoms with van der Waals surface area (Å²) in [7, 11) is 1.70. The van der Waals surface area contributed by atoms with E-state index < -0.39 is 11.5 Å². The Morgan fingerprint density at radius 2 is 1.96 bits per heavy atom. The third-order valence-electron chi connectivity index (χ3n) is 8.92. The minimum Gasteiger partial charge on any atom is -0.508 e. The highest BCUT2D eigenvalue weighted by Crippen LogP contribution is 2.41. The number of aromatic nitrogens is 2. The number of pyridine rings is 1. The normalized spacial score (nSPS) is 18.9. The van der Waals surface area contributed by atoms with E-state index in [2.05, 4.69) is 60.0 Å². The second kappa shape index (κ2) is 12.7. The molecule has 4 aromatic rings. The molecule has 0 spiro atoms. The Balaban J connectivity index is 1.54. The summed E-state index contributed by atoms with van der Waals surface area (Å²) in [6, 6.07) is 13.4. The number of phenolic OH excluding ortho intramolecular Hbond substituents is 1. The van der Waals surface area contributed by atoms with Crippen molar-refractivity contribution in [3.8, 4) is 28.1 Å². The number of benzene rings is 2. The molecule has 9 nitrogen and oxygen atoms in total. The van der Waals surface area contributed by atoms with E-state index >= 15 is 0 Å². The fourth-order valence-electron chi connectivity index (χ4n) is 6.74. The minimum absolute atomic E-state index is 0.0819. The van der Waals surface area contributed by atoms with Crippen LogP contribution in [0.4, 0.5) is 0 Å². The van der Waals surface area contributed by atoms with Gasteiger partial charge >= 0.3 is 5.97 Å². The van der Waals surface area contributed by atoms with Crippen LogP contribution in [-0.4, -0.2) is 57.8 Å². The lowest BCUT2D eigenvalue weighted by molar-refractivity contribution is -0.154. The molecule has 1 saturated heterocycles. The van der Waals surface area contributed by atoms with Crippen LogP contribution >= 0.6 is 0 Å². The molecule has 0 aliphatic carbocycles. The summed E-state index contributed by atoms with van der Waals surface area (Å²) in [6.45, 7) is 8.34. The van der Waals surface area contributed by atoms with Gasteiger partial charge in [-0.3, -0.25) is 19.6 Å². The van der Waals surface area contributed by atoms with Gasteiger partial charge in [-0.1, -0.05) is 26.0 Å². The van der Waals surface area contributed by atoms with Gasteiger partial charge in [0.25, 0.3) is 0 Å². The molecule has 6 bridgehead atoms. The number of esters is 1. The quantitative estimate of drug-likeness (QED) is 0.282. The van der Waals surface area contributed by atoms with Crippen molar-refractivity contribution in [2.45, 2.75) is 72.1 Å². The number of nitrogens with one attached hydrogen (secondary N) is 1. The predicted octanol–water partition coefficient (Wildman–Crippen LogP) is 5.80. The second-order valence-corrected chi connectivity index (χ2v) is 13.0. The highest BCUT2D eigenvalue weighted by molar-refractivity contribution is 5.95. The summed E-state index contributed by atoms with van der Waals surface area (Å²) < 4.78 is 13.9. The molecule has 6 rings (SSSR count). The van der Waals surface area contributed by atoms with Crippen LogP contribution in [0.15, 0.2) is 54.9 Å². The van der Waals surface area contributed by atoms with Crippen LogP contribution in [0.2, 0.25) is 0 Å². The Morgan fingerprint density at radius 1 is 1.11 bits per heavy atom. The van der Waals surface area contributed by atoms with Crippen molar-refractivity contribution >= 4 is 22.8 Å². The van der Waals surface area contributed by atoms with Crippen LogP contribution in [0, 0.1) is 5.41 Å². The van der Waals surface area contributed by atoms with E-state index in [1.54, 1.807) is 30.4 Å². The number of cyclic esters (lactones) is 1. The lowest BCUT2D eigenvalue weighted by atomic mass is 9.84. The van der Waals surface area contributed by atoms with E-state index in [0.717, 1.165) is 56.5 Å². The number of hydrazine groups is 1. The predicted molar refractivity (Wildman–Crippen MR) is 173 cm³/mol. The van der Waals surface area contributed by atoms with Gasteiger partial charge in [0.05, 0.1) is 18.9 Å². The van der Waals surface area contributed by atoms with Gasteiger partial charge in [-0.15, -0.1) is 0 Å². The van der Waals surface area contributed by atoms with Crippen LogP contribution in [0.3, 0.4) is 0 Å². The first-order chi connectivity index (χ1) is 21.7. The minimum atomic E-state index is -0.572. The maximum Gasteiger partial charge on any atom is 0.324 e. The fraction of sp³-hybridized carbons (Fsp3) is 0.417. The van der Waals surface area contributed by atoms with Crippen molar-refractivity contribution in [3.05, 3.63) is 71.5 Å². The van der Waals surface area contributed by atoms with E-state index in [-0.39, 0.29) is 30.7 Å². The smallest absolute Gasteiger partial charge is 0.324 e. The molecule has 9 heteroatoms. The maximum absolute atomic E-state index is 13.3. The number of carbonyl (C=O) groups excluding carboxylic acids is 2. The molecule has 2 aromatic heterocycles. The van der Waals surface area contributed by atoms with Gasteiger partial charge in [0.1, 0.15) is 11.8 Å². The number of hydrogen-bond donors (Lipinski definition) is 2. The molecule has 236 valence electrons. The number of fused-ring (bicyclic) bond motifs is 6. The first-order valence-electron chi connectivity index (χ1n) is 15.8. The monoisotopic (exact) mass is 610 g/mol. The topological polar surface area (TPSA) is 106 Å². The molecule has 1 fully saturated rings. The maximum atomic E-state index is 13.3. The number of aromatic hydroxyl groups is 1. The van der Waals surface area contributed by atoms with Gasteiger partial charge in [-0.25, -0.2) is 5.43 Å². The van der Waals surface area contributed by atoms with Crippen LogP contribution in [0.1, 0.15) is 56.7 Å². The van der Waals surface area contributed by atoms with Gasteiger partial charge in [0.2, 0.25) is 5.91 Å². The molecule has 0 radical (unpaired) electrons. The van der Waals surface area contributed by atoms with Crippen LogP contribution in [0.5, 0.6) is 5.75 Å². The van der Waals surface area contributed by atoms with Crippen molar-refractivity contribution in [2.24, 2.45) is 5.41 Å². The number of rotatable bonds is 4. The molecule has 2 aliphatic rings. The number of methoxy groups -OCH3 is 1. The van der Waals surface area contributed by atoms with Crippen LogP contribution in [0.25, 0.3) is 33.3 Å². The summed E-state index contributed by atoms with van der Waals surface area (Å²) >= 11 is 0. The number of nitrogens with zero attached hydrogens (tertiary/aromatic N) is 3. The molecule has 1 atom stereocenters. The SMILES string of the molecule is CCn1c(-c2cnccc2COC)c2c3cc(ccc31)-c1cc(O)cc(c1)CCC(=O)N1CCCC(N1)C(=O)OCC(C)(C)C2. The lowest BCUT2D eigenvalue weighted by Gasteiger charge is -2.33. The number of aryl methyl sites for hydroxylation is 2. The Morgan fingerprint density at radius 3 is 2.76 bits per heavy atom. The largest absolute Gasteiger partial charge is 0.508 e. The van der Waals surface area contributed by atoms with E-state index in [0.29, 0.717) is 38.8 Å². The number of hydrogen-bond acceptors (Lipinski definition) is 7. The number of carbonyl (C=O) groups is 2. The third kappa shape index (κ3) is 6.32. The molecule has 4 heterocycles. The first kappa shape index (κ1) is 30.8. The van der Waals surface area contributed by atoms with Crippen molar-refractivity contribution in [1.82, 2.24) is 20.0 Å². The molecular formula is C36H42N4O5. The zero-order chi connectivity index (χ0) is 31.7. The van der Waals surface area contributed by atoms with E-state index in [1.807, 2.05) is 12.3 Å². The van der Waals surface area contributed by atoms with Crippen molar-refractivity contribution < 1.29 is 24.2 Å². The summed E-state index contributed by atoms with van der Waals surface area (Å²) in [5, 5.41) is 13.4. The zero-order valence-corrected chi connectivity index (χ0v) is 26.6. The fourth-order valence-corrected chi connectivity index (χ4v) is 6.74. The van der Waals surface area contributed by atoms with Gasteiger partial charge in [0, 0.05) is 60.9 Å². The van der Waals surface area contributed by atoms with Gasteiger partial charge in [-0.2, -0.15) is 0 Å². The summed E-state index contributed by atoms with van der Waals surface area (Å²) in [4.78, 5) is 30.9. The summed E-state index contributed by atoms with van der Waals surface area (Å²) in [6.07, 6.45) is 6.39. The average Bonchev–Trinajstić information content (AvgIpc) is 3.33. The first-order valence-corrected chi connectivity index (χ1v) is 15.8. The molecule has 45 heavy (non-hydrogen) atoms. The molecular weight excluding hydrogens is 568 g/mol. The standard InChI is InChI=1S/C36H42N4O5/c1-5-39-32-10-9-24-18-28(32)29(34(39)30-20-37-13-12-25(30)21-44-4)19-36(2,3)22-45-35(43)31-7-6-14-40(38-31)33(42)11-8-23-15-26(24)17-27(41)16-23/h9-10,12-13,15-18,20,31,38,41H,5-8,11,14,19,21-22H2,1-4H3. The average molecular weight is 611 g/mol. The lowest BCUT2D eigenvalue weighted by Crippen LogP contribution is -2.55. The number of amides is 1. The third-order valence-corrected chi connectivity index (χ3v) is 8.92. The highest BCUT2D eigenvalue weighted by Gasteiger charge is 2.32. The van der Waals surface area contributed by atoms with Gasteiger partial charge in [-0.05, 0) is 90.8 Å². The Hall–Kier alpha value is -4.21. The van der Waals surface area contributed by atoms with Crippen molar-refractivity contribution in [1.29, 1.82) is 0 Å². The van der Waals surface area contributed by atoms with Gasteiger partial charge < -0.3 is 19.1 Å². The molecule has 2 aromatic carbocycles. The number of phenols is 1. The van der Waals surface area contributed by atoms with Gasteiger partial charge in [0.15, 0.2) is 0 Å². The van der Waals surface area contributed by atoms with E-state index in [4.69, 9.17) is 9.47 Å². The molecule has 2 N–H and O–H groups in total. The number of ether oxygens (including phenoxy) is 2. The van der Waals surface area contributed by atoms with Crippen LogP contribution in [-0.2, 0) is 45.1 Å². The molecule has 1 unspecified atom stereocenters.